The normalized spacial score (nSPS) is 13.3. The Bertz CT molecular complexity index is 667. The summed E-state index contributed by atoms with van der Waals surface area (Å²) < 4.78 is 5.93. The van der Waals surface area contributed by atoms with E-state index in [-0.39, 0.29) is 6.04 Å². The van der Waals surface area contributed by atoms with Gasteiger partial charge in [0, 0.05) is 16.8 Å². The minimum absolute atomic E-state index is 0.147. The fourth-order valence-electron chi connectivity index (χ4n) is 2.31. The third kappa shape index (κ3) is 1.71. The van der Waals surface area contributed by atoms with E-state index in [0.29, 0.717) is 0 Å². The number of para-hydroxylation sites is 2. The van der Waals surface area contributed by atoms with Crippen LogP contribution in [-0.2, 0) is 6.42 Å². The van der Waals surface area contributed by atoms with Crippen molar-refractivity contribution in [1.29, 1.82) is 0 Å². The smallest absolute Gasteiger partial charge is 0.138 e. The van der Waals surface area contributed by atoms with Gasteiger partial charge in [0.1, 0.15) is 11.2 Å². The number of fused-ring (bicyclic) bond motifs is 3. The molecular weight excluding hydrogens is 210 g/mol. The lowest BCUT2D eigenvalue weighted by molar-refractivity contribution is 0.653. The molecule has 0 saturated carbocycles. The Labute approximate surface area is 100 Å². The molecule has 0 saturated heterocycles. The highest BCUT2D eigenvalue weighted by molar-refractivity contribution is 6.05. The summed E-state index contributed by atoms with van der Waals surface area (Å²) in [4.78, 5) is 0. The Morgan fingerprint density at radius 2 is 1.82 bits per heavy atom. The quantitative estimate of drug-likeness (QED) is 0.725. The summed E-state index contributed by atoms with van der Waals surface area (Å²) in [6.45, 7) is 2.02. The molecule has 2 nitrogen and oxygen atoms in total. The lowest BCUT2D eigenvalue weighted by atomic mass is 10.0. The molecule has 3 aromatic rings. The second-order valence-corrected chi connectivity index (χ2v) is 4.57. The second kappa shape index (κ2) is 3.90. The van der Waals surface area contributed by atoms with Gasteiger partial charge in [-0.05, 0) is 25.0 Å². The van der Waals surface area contributed by atoms with Crippen molar-refractivity contribution in [3.8, 4) is 0 Å². The largest absolute Gasteiger partial charge is 0.456 e. The van der Waals surface area contributed by atoms with Crippen LogP contribution < -0.4 is 5.73 Å². The predicted octanol–water partition coefficient (Wildman–Crippen LogP) is 3.48. The molecule has 86 valence electrons. The third-order valence-corrected chi connectivity index (χ3v) is 3.03. The Morgan fingerprint density at radius 3 is 2.65 bits per heavy atom. The van der Waals surface area contributed by atoms with Crippen LogP contribution in [0, 0.1) is 0 Å². The van der Waals surface area contributed by atoms with Gasteiger partial charge in [-0.1, -0.05) is 36.4 Å². The maximum atomic E-state index is 5.93. The first kappa shape index (κ1) is 10.4. The molecule has 0 aliphatic carbocycles. The molecule has 3 rings (SSSR count). The highest BCUT2D eigenvalue weighted by atomic mass is 16.3. The molecule has 1 aromatic heterocycles. The van der Waals surface area contributed by atoms with Crippen LogP contribution in [0.5, 0.6) is 0 Å². The molecule has 0 fully saturated rings. The zero-order valence-electron chi connectivity index (χ0n) is 9.81. The van der Waals surface area contributed by atoms with E-state index in [9.17, 15) is 0 Å². The van der Waals surface area contributed by atoms with Gasteiger partial charge in [0.25, 0.3) is 0 Å². The third-order valence-electron chi connectivity index (χ3n) is 3.03. The summed E-state index contributed by atoms with van der Waals surface area (Å²) in [6.07, 6.45) is 0.844. The molecule has 1 atom stereocenters. The Hall–Kier alpha value is -1.80. The average Bonchev–Trinajstić information content (AvgIpc) is 2.68. The maximum absolute atomic E-state index is 5.93. The summed E-state index contributed by atoms with van der Waals surface area (Å²) >= 11 is 0. The highest BCUT2D eigenvalue weighted by Crippen LogP contribution is 2.30. The molecule has 0 radical (unpaired) electrons. The van der Waals surface area contributed by atoms with Crippen molar-refractivity contribution in [2.24, 2.45) is 5.73 Å². The van der Waals surface area contributed by atoms with E-state index < -0.39 is 0 Å². The summed E-state index contributed by atoms with van der Waals surface area (Å²) in [5, 5.41) is 2.35. The van der Waals surface area contributed by atoms with E-state index in [1.807, 2.05) is 25.1 Å². The lowest BCUT2D eigenvalue weighted by Crippen LogP contribution is -2.17. The first-order valence-electron chi connectivity index (χ1n) is 5.90. The van der Waals surface area contributed by atoms with E-state index in [2.05, 4.69) is 24.3 Å². The highest BCUT2D eigenvalue weighted by Gasteiger charge is 2.10. The molecule has 17 heavy (non-hydrogen) atoms. The van der Waals surface area contributed by atoms with Crippen LogP contribution in [0.25, 0.3) is 21.9 Å². The molecule has 2 heteroatoms. The van der Waals surface area contributed by atoms with Gasteiger partial charge in [-0.15, -0.1) is 0 Å². The van der Waals surface area contributed by atoms with Gasteiger partial charge in [-0.2, -0.15) is 0 Å². The fraction of sp³-hybridized carbons (Fsp3) is 0.200. The zero-order valence-corrected chi connectivity index (χ0v) is 9.81. The molecule has 2 aromatic carbocycles. The standard InChI is InChI=1S/C15H15NO/c1-10(16)9-11-5-4-7-13-12-6-2-3-8-14(12)17-15(11)13/h2-8,10H,9,16H2,1H3. The summed E-state index contributed by atoms with van der Waals surface area (Å²) in [5.41, 5.74) is 8.98. The van der Waals surface area contributed by atoms with Crippen molar-refractivity contribution < 1.29 is 4.42 Å². The molecule has 1 heterocycles. The minimum atomic E-state index is 0.147. The van der Waals surface area contributed by atoms with Gasteiger partial charge in [-0.3, -0.25) is 0 Å². The predicted molar refractivity (Wildman–Crippen MR) is 71.1 cm³/mol. The van der Waals surface area contributed by atoms with Crippen LogP contribution in [-0.4, -0.2) is 6.04 Å². The van der Waals surface area contributed by atoms with Gasteiger partial charge in [-0.25, -0.2) is 0 Å². The number of benzene rings is 2. The maximum Gasteiger partial charge on any atom is 0.138 e. The zero-order chi connectivity index (χ0) is 11.8. The topological polar surface area (TPSA) is 39.2 Å². The molecule has 0 spiro atoms. The molecule has 2 N–H and O–H groups in total. The van der Waals surface area contributed by atoms with Gasteiger partial charge in [0.05, 0.1) is 0 Å². The second-order valence-electron chi connectivity index (χ2n) is 4.57. The van der Waals surface area contributed by atoms with E-state index in [0.717, 1.165) is 17.6 Å². The number of furan rings is 1. The first-order valence-corrected chi connectivity index (χ1v) is 5.90. The van der Waals surface area contributed by atoms with Crippen LogP contribution in [0.2, 0.25) is 0 Å². The van der Waals surface area contributed by atoms with E-state index in [4.69, 9.17) is 10.2 Å². The molecule has 0 amide bonds. The van der Waals surface area contributed by atoms with Crippen LogP contribution in [0.1, 0.15) is 12.5 Å². The van der Waals surface area contributed by atoms with Gasteiger partial charge < -0.3 is 10.2 Å². The van der Waals surface area contributed by atoms with Crippen molar-refractivity contribution in [3.05, 3.63) is 48.0 Å². The number of hydrogen-bond acceptors (Lipinski definition) is 2. The van der Waals surface area contributed by atoms with Crippen molar-refractivity contribution in [2.45, 2.75) is 19.4 Å². The number of rotatable bonds is 2. The molecule has 1 unspecified atom stereocenters. The van der Waals surface area contributed by atoms with Crippen molar-refractivity contribution in [3.63, 3.8) is 0 Å². The fourth-order valence-corrected chi connectivity index (χ4v) is 2.31. The molecular formula is C15H15NO. The van der Waals surface area contributed by atoms with Gasteiger partial charge in [0.2, 0.25) is 0 Å². The van der Waals surface area contributed by atoms with Gasteiger partial charge >= 0.3 is 0 Å². The van der Waals surface area contributed by atoms with Crippen LogP contribution in [0.4, 0.5) is 0 Å². The van der Waals surface area contributed by atoms with Crippen LogP contribution in [0.15, 0.2) is 46.9 Å². The van der Waals surface area contributed by atoms with Gasteiger partial charge in [0.15, 0.2) is 0 Å². The van der Waals surface area contributed by atoms with E-state index >= 15 is 0 Å². The molecule has 0 bridgehead atoms. The molecule has 0 aliphatic rings. The number of hydrogen-bond donors (Lipinski definition) is 1. The SMILES string of the molecule is CC(N)Cc1cccc2c1oc1ccccc12. The first-order chi connectivity index (χ1) is 8.25. The Morgan fingerprint density at radius 1 is 1.06 bits per heavy atom. The van der Waals surface area contributed by atoms with Crippen molar-refractivity contribution >= 4 is 21.9 Å². The Balaban J connectivity index is 2.31. The Kier molecular flexibility index (Phi) is 2.37. The van der Waals surface area contributed by atoms with Crippen LogP contribution >= 0.6 is 0 Å². The van der Waals surface area contributed by atoms with Crippen LogP contribution in [0.3, 0.4) is 0 Å². The summed E-state index contributed by atoms with van der Waals surface area (Å²) in [6, 6.07) is 14.5. The monoisotopic (exact) mass is 225 g/mol. The average molecular weight is 225 g/mol. The van der Waals surface area contributed by atoms with E-state index in [1.54, 1.807) is 0 Å². The molecule has 0 aliphatic heterocycles. The summed E-state index contributed by atoms with van der Waals surface area (Å²) in [7, 11) is 0. The van der Waals surface area contributed by atoms with Crippen molar-refractivity contribution in [1.82, 2.24) is 0 Å². The minimum Gasteiger partial charge on any atom is -0.456 e. The van der Waals surface area contributed by atoms with Crippen molar-refractivity contribution in [2.75, 3.05) is 0 Å². The van der Waals surface area contributed by atoms with E-state index in [1.165, 1.54) is 16.3 Å². The number of nitrogens with two attached hydrogens (primary N) is 1. The summed E-state index contributed by atoms with van der Waals surface area (Å²) in [5.74, 6) is 0. The lowest BCUT2D eigenvalue weighted by Gasteiger charge is -2.05.